The molecule has 0 spiro atoms. The van der Waals surface area contributed by atoms with Crippen LogP contribution in [0.25, 0.3) is 0 Å². The largest absolute Gasteiger partial charge is 0.489 e. The normalized spacial score (nSPS) is 10.4. The van der Waals surface area contributed by atoms with Crippen molar-refractivity contribution in [2.24, 2.45) is 0 Å². The van der Waals surface area contributed by atoms with Crippen LogP contribution in [0.15, 0.2) is 72.8 Å². The second-order valence-electron chi connectivity index (χ2n) is 6.88. The molecular formula is C24H23FN2O3. The number of hydrogen-bond acceptors (Lipinski definition) is 3. The summed E-state index contributed by atoms with van der Waals surface area (Å²) in [7, 11) is 3.31. The molecule has 0 fully saturated rings. The Morgan fingerprint density at radius 3 is 2.27 bits per heavy atom. The molecule has 3 aromatic rings. The monoisotopic (exact) mass is 406 g/mol. The summed E-state index contributed by atoms with van der Waals surface area (Å²) in [5, 5.41) is 2.58. The molecule has 0 aromatic heterocycles. The van der Waals surface area contributed by atoms with Crippen molar-refractivity contribution >= 4 is 11.8 Å². The highest BCUT2D eigenvalue weighted by Crippen LogP contribution is 2.18. The first-order valence-electron chi connectivity index (χ1n) is 9.50. The van der Waals surface area contributed by atoms with Crippen LogP contribution >= 0.6 is 0 Å². The van der Waals surface area contributed by atoms with Gasteiger partial charge in [-0.1, -0.05) is 30.3 Å². The van der Waals surface area contributed by atoms with Gasteiger partial charge in [-0.15, -0.1) is 0 Å². The van der Waals surface area contributed by atoms with E-state index in [1.807, 2.05) is 12.1 Å². The maximum atomic E-state index is 13.0. The first-order chi connectivity index (χ1) is 14.5. The molecule has 2 amide bonds. The van der Waals surface area contributed by atoms with Crippen LogP contribution in [-0.2, 0) is 13.2 Å². The number of nitrogens with zero attached hydrogens (tertiary/aromatic N) is 1. The van der Waals surface area contributed by atoms with Gasteiger partial charge in [0, 0.05) is 31.8 Å². The molecule has 0 heterocycles. The van der Waals surface area contributed by atoms with E-state index in [1.165, 1.54) is 12.1 Å². The third kappa shape index (κ3) is 5.44. The lowest BCUT2D eigenvalue weighted by molar-refractivity contribution is 0.0784. The summed E-state index contributed by atoms with van der Waals surface area (Å²) in [6.07, 6.45) is 0. The summed E-state index contributed by atoms with van der Waals surface area (Å²) in [6, 6.07) is 20.2. The van der Waals surface area contributed by atoms with E-state index in [0.717, 1.165) is 11.1 Å². The maximum absolute atomic E-state index is 13.0. The first-order valence-corrected chi connectivity index (χ1v) is 9.50. The Balaban J connectivity index is 1.62. The van der Waals surface area contributed by atoms with Gasteiger partial charge in [0.05, 0.1) is 0 Å². The number of ether oxygens (including phenoxy) is 1. The van der Waals surface area contributed by atoms with Gasteiger partial charge in [-0.3, -0.25) is 9.59 Å². The fourth-order valence-electron chi connectivity index (χ4n) is 2.94. The molecule has 5 nitrogen and oxygen atoms in total. The highest BCUT2D eigenvalue weighted by molar-refractivity contribution is 5.95. The number of amides is 2. The van der Waals surface area contributed by atoms with Gasteiger partial charge in [-0.2, -0.15) is 0 Å². The predicted molar refractivity (Wildman–Crippen MR) is 113 cm³/mol. The van der Waals surface area contributed by atoms with E-state index >= 15 is 0 Å². The molecular weight excluding hydrogens is 383 g/mol. The van der Waals surface area contributed by atoms with Crippen LogP contribution in [0, 0.1) is 5.82 Å². The molecule has 0 saturated carbocycles. The molecule has 6 heteroatoms. The minimum atomic E-state index is -0.294. The molecule has 3 rings (SSSR count). The summed E-state index contributed by atoms with van der Waals surface area (Å²) in [6.45, 7) is 0.693. The van der Waals surface area contributed by atoms with Gasteiger partial charge in [0.2, 0.25) is 0 Å². The van der Waals surface area contributed by atoms with Crippen molar-refractivity contribution in [3.63, 3.8) is 0 Å². The molecule has 0 unspecified atom stereocenters. The van der Waals surface area contributed by atoms with Crippen molar-refractivity contribution in [3.05, 3.63) is 101 Å². The number of rotatable bonds is 7. The lowest BCUT2D eigenvalue weighted by Crippen LogP contribution is -2.26. The van der Waals surface area contributed by atoms with Crippen LogP contribution in [0.3, 0.4) is 0 Å². The molecule has 154 valence electrons. The fraction of sp³-hybridized carbons (Fsp3) is 0.167. The van der Waals surface area contributed by atoms with Crippen molar-refractivity contribution in [1.82, 2.24) is 10.2 Å². The number of hydrogen-bond donors (Lipinski definition) is 1. The minimum Gasteiger partial charge on any atom is -0.489 e. The lowest BCUT2D eigenvalue weighted by atomic mass is 10.1. The van der Waals surface area contributed by atoms with Crippen molar-refractivity contribution < 1.29 is 18.7 Å². The molecule has 0 radical (unpaired) electrons. The zero-order valence-corrected chi connectivity index (χ0v) is 16.9. The molecule has 1 N–H and O–H groups in total. The van der Waals surface area contributed by atoms with Gasteiger partial charge in [0.25, 0.3) is 11.8 Å². The highest BCUT2D eigenvalue weighted by Gasteiger charge is 2.13. The Morgan fingerprint density at radius 2 is 1.60 bits per heavy atom. The standard InChI is InChI=1S/C24H23FN2O3/c1-26-23(28)19-10-6-17(7-11-19)15-27(2)24(29)20-4-3-5-22(14-20)30-16-18-8-12-21(25)13-9-18/h3-14H,15-16H2,1-2H3,(H,26,28). The Morgan fingerprint density at radius 1 is 0.933 bits per heavy atom. The minimum absolute atomic E-state index is 0.141. The van der Waals surface area contributed by atoms with Crippen LogP contribution < -0.4 is 10.1 Å². The van der Waals surface area contributed by atoms with Gasteiger partial charge in [-0.05, 0) is 53.6 Å². The van der Waals surface area contributed by atoms with Crippen molar-refractivity contribution in [2.45, 2.75) is 13.2 Å². The van der Waals surface area contributed by atoms with E-state index < -0.39 is 0 Å². The van der Waals surface area contributed by atoms with Crippen LogP contribution in [-0.4, -0.2) is 30.8 Å². The van der Waals surface area contributed by atoms with Gasteiger partial charge in [0.1, 0.15) is 18.2 Å². The molecule has 30 heavy (non-hydrogen) atoms. The van der Waals surface area contributed by atoms with Crippen LogP contribution in [0.1, 0.15) is 31.8 Å². The van der Waals surface area contributed by atoms with Crippen LogP contribution in [0.2, 0.25) is 0 Å². The molecule has 0 aliphatic heterocycles. The molecule has 0 saturated heterocycles. The third-order valence-corrected chi connectivity index (χ3v) is 4.61. The highest BCUT2D eigenvalue weighted by atomic mass is 19.1. The SMILES string of the molecule is CNC(=O)c1ccc(CN(C)C(=O)c2cccc(OCc3ccc(F)cc3)c2)cc1. The van der Waals surface area contributed by atoms with Crippen molar-refractivity contribution in [1.29, 1.82) is 0 Å². The molecule has 0 aliphatic rings. The number of benzene rings is 3. The Hall–Kier alpha value is -3.67. The van der Waals surface area contributed by atoms with Gasteiger partial charge >= 0.3 is 0 Å². The summed E-state index contributed by atoms with van der Waals surface area (Å²) in [5.41, 5.74) is 2.84. The smallest absolute Gasteiger partial charge is 0.254 e. The quantitative estimate of drug-likeness (QED) is 0.644. The van der Waals surface area contributed by atoms with E-state index in [9.17, 15) is 14.0 Å². The zero-order valence-electron chi connectivity index (χ0n) is 16.9. The number of nitrogens with one attached hydrogen (secondary N) is 1. The number of carbonyl (C=O) groups is 2. The average Bonchev–Trinajstić information content (AvgIpc) is 2.78. The average molecular weight is 406 g/mol. The second kappa shape index (κ2) is 9.69. The Kier molecular flexibility index (Phi) is 6.80. The predicted octanol–water partition coefficient (Wildman–Crippen LogP) is 4.04. The van der Waals surface area contributed by atoms with Gasteiger partial charge in [0.15, 0.2) is 0 Å². The molecule has 0 atom stereocenters. The van der Waals surface area contributed by atoms with E-state index in [2.05, 4.69) is 5.32 Å². The molecule has 0 aliphatic carbocycles. The summed E-state index contributed by atoms with van der Waals surface area (Å²) in [5.74, 6) is -0.0211. The molecule has 0 bridgehead atoms. The van der Waals surface area contributed by atoms with Crippen LogP contribution in [0.5, 0.6) is 5.75 Å². The number of halogens is 1. The van der Waals surface area contributed by atoms with Gasteiger partial charge < -0.3 is 15.0 Å². The van der Waals surface area contributed by atoms with E-state index in [1.54, 1.807) is 67.5 Å². The zero-order chi connectivity index (χ0) is 21.5. The van der Waals surface area contributed by atoms with Crippen molar-refractivity contribution in [2.75, 3.05) is 14.1 Å². The topological polar surface area (TPSA) is 58.6 Å². The lowest BCUT2D eigenvalue weighted by Gasteiger charge is -2.18. The fourth-order valence-corrected chi connectivity index (χ4v) is 2.94. The van der Waals surface area contributed by atoms with E-state index in [-0.39, 0.29) is 24.2 Å². The summed E-state index contributed by atoms with van der Waals surface area (Å²) in [4.78, 5) is 26.0. The van der Waals surface area contributed by atoms with Crippen molar-refractivity contribution in [3.8, 4) is 5.75 Å². The summed E-state index contributed by atoms with van der Waals surface area (Å²) >= 11 is 0. The summed E-state index contributed by atoms with van der Waals surface area (Å²) < 4.78 is 18.7. The Labute approximate surface area is 175 Å². The maximum Gasteiger partial charge on any atom is 0.254 e. The molecule has 3 aromatic carbocycles. The van der Waals surface area contributed by atoms with Crippen LogP contribution in [0.4, 0.5) is 4.39 Å². The third-order valence-electron chi connectivity index (χ3n) is 4.61. The Bertz CT molecular complexity index is 1020. The second-order valence-corrected chi connectivity index (χ2v) is 6.88. The van der Waals surface area contributed by atoms with E-state index in [4.69, 9.17) is 4.74 Å². The van der Waals surface area contributed by atoms with Gasteiger partial charge in [-0.25, -0.2) is 4.39 Å². The number of carbonyl (C=O) groups excluding carboxylic acids is 2. The first kappa shape index (κ1) is 21.0. The van der Waals surface area contributed by atoms with E-state index in [0.29, 0.717) is 23.4 Å².